The Bertz CT molecular complexity index is 680. The van der Waals surface area contributed by atoms with E-state index in [-0.39, 0.29) is 5.91 Å². The van der Waals surface area contributed by atoms with E-state index in [0.29, 0.717) is 18.0 Å². The number of hydrogen-bond donors (Lipinski definition) is 1. The number of methoxy groups -OCH3 is 2. The van der Waals surface area contributed by atoms with Gasteiger partial charge in [-0.25, -0.2) is 4.98 Å². The van der Waals surface area contributed by atoms with Crippen LogP contribution in [-0.4, -0.2) is 25.1 Å². The van der Waals surface area contributed by atoms with Crippen molar-refractivity contribution in [2.24, 2.45) is 0 Å². The summed E-state index contributed by atoms with van der Waals surface area (Å²) in [6.45, 7) is 2.42. The van der Waals surface area contributed by atoms with Crippen molar-refractivity contribution in [3.8, 4) is 11.5 Å². The van der Waals surface area contributed by atoms with E-state index in [2.05, 4.69) is 10.3 Å². The van der Waals surface area contributed by atoms with Crippen molar-refractivity contribution in [1.82, 2.24) is 10.3 Å². The third-order valence-electron chi connectivity index (χ3n) is 2.96. The first-order valence-electron chi connectivity index (χ1n) is 6.71. The zero-order valence-electron chi connectivity index (χ0n) is 12.8. The molecule has 0 atom stereocenters. The molecule has 0 unspecified atom stereocenters. The highest BCUT2D eigenvalue weighted by atomic mass is 32.1. The number of nitrogens with zero attached hydrogens (tertiary/aromatic N) is 1. The van der Waals surface area contributed by atoms with E-state index in [4.69, 9.17) is 9.47 Å². The van der Waals surface area contributed by atoms with E-state index in [1.807, 2.05) is 19.1 Å². The number of rotatable bonds is 6. The van der Waals surface area contributed by atoms with E-state index in [9.17, 15) is 4.79 Å². The zero-order chi connectivity index (χ0) is 15.9. The maximum Gasteiger partial charge on any atom is 0.244 e. The minimum Gasteiger partial charge on any atom is -0.497 e. The number of carbonyl (C=O) groups is 1. The van der Waals surface area contributed by atoms with E-state index in [1.54, 1.807) is 43.9 Å². The van der Waals surface area contributed by atoms with Crippen LogP contribution in [0, 0.1) is 6.92 Å². The molecule has 22 heavy (non-hydrogen) atoms. The molecule has 0 radical (unpaired) electrons. The van der Waals surface area contributed by atoms with Gasteiger partial charge in [0.05, 0.1) is 25.8 Å². The topological polar surface area (TPSA) is 60.5 Å². The number of hydrogen-bond acceptors (Lipinski definition) is 5. The van der Waals surface area contributed by atoms with Gasteiger partial charge in [0.1, 0.15) is 11.5 Å². The van der Waals surface area contributed by atoms with Gasteiger partial charge in [0, 0.05) is 28.8 Å². The average Bonchev–Trinajstić information content (AvgIpc) is 2.96. The monoisotopic (exact) mass is 318 g/mol. The second kappa shape index (κ2) is 7.61. The van der Waals surface area contributed by atoms with Crippen LogP contribution in [-0.2, 0) is 11.3 Å². The van der Waals surface area contributed by atoms with Crippen molar-refractivity contribution in [2.45, 2.75) is 13.5 Å². The Hall–Kier alpha value is -2.34. The smallest absolute Gasteiger partial charge is 0.244 e. The molecular formula is C16H18N2O3S. The molecule has 0 saturated carbocycles. The predicted octanol–water partition coefficient (Wildman–Crippen LogP) is 2.80. The van der Waals surface area contributed by atoms with Gasteiger partial charge in [0.15, 0.2) is 0 Å². The molecule has 0 aliphatic carbocycles. The third kappa shape index (κ3) is 4.33. The molecule has 0 bridgehead atoms. The van der Waals surface area contributed by atoms with Gasteiger partial charge >= 0.3 is 0 Å². The number of aryl methyl sites for hydroxylation is 1. The molecule has 0 fully saturated rings. The number of nitrogens with one attached hydrogen (secondary N) is 1. The highest BCUT2D eigenvalue weighted by Crippen LogP contribution is 2.25. The normalized spacial score (nSPS) is 10.7. The Balaban J connectivity index is 1.97. The molecule has 1 aromatic heterocycles. The minimum atomic E-state index is -0.163. The molecule has 0 aliphatic rings. The lowest BCUT2D eigenvalue weighted by molar-refractivity contribution is -0.116. The summed E-state index contributed by atoms with van der Waals surface area (Å²) >= 11 is 1.57. The van der Waals surface area contributed by atoms with Gasteiger partial charge in [-0.1, -0.05) is 0 Å². The fourth-order valence-electron chi connectivity index (χ4n) is 1.84. The van der Waals surface area contributed by atoms with Crippen LogP contribution < -0.4 is 14.8 Å². The Morgan fingerprint density at radius 1 is 1.36 bits per heavy atom. The van der Waals surface area contributed by atoms with Crippen LogP contribution in [0.5, 0.6) is 11.5 Å². The molecule has 5 nitrogen and oxygen atoms in total. The molecule has 1 N–H and O–H groups in total. The van der Waals surface area contributed by atoms with Gasteiger partial charge in [-0.15, -0.1) is 11.3 Å². The van der Waals surface area contributed by atoms with Crippen molar-refractivity contribution in [3.63, 3.8) is 0 Å². The number of thiazole rings is 1. The minimum absolute atomic E-state index is 0.163. The lowest BCUT2D eigenvalue weighted by atomic mass is 10.1. The SMILES string of the molecule is COc1ccc(C=CC(=O)NCc2cnc(C)s2)c(OC)c1. The van der Waals surface area contributed by atoms with Gasteiger partial charge in [0.2, 0.25) is 5.91 Å². The Morgan fingerprint density at radius 3 is 2.82 bits per heavy atom. The van der Waals surface area contributed by atoms with Crippen LogP contribution in [0.25, 0.3) is 6.08 Å². The van der Waals surface area contributed by atoms with Crippen molar-refractivity contribution in [3.05, 3.63) is 45.9 Å². The highest BCUT2D eigenvalue weighted by molar-refractivity contribution is 7.11. The quantitative estimate of drug-likeness (QED) is 0.832. The number of ether oxygens (including phenoxy) is 2. The molecule has 0 saturated heterocycles. The molecule has 1 aromatic carbocycles. The fraction of sp³-hybridized carbons (Fsp3) is 0.250. The Labute approximate surface area is 133 Å². The number of aromatic nitrogens is 1. The summed E-state index contributed by atoms with van der Waals surface area (Å²) in [6, 6.07) is 5.44. The van der Waals surface area contributed by atoms with Gasteiger partial charge in [-0.05, 0) is 25.1 Å². The van der Waals surface area contributed by atoms with Crippen molar-refractivity contribution < 1.29 is 14.3 Å². The molecule has 6 heteroatoms. The number of amides is 1. The zero-order valence-corrected chi connectivity index (χ0v) is 13.6. The van der Waals surface area contributed by atoms with E-state index < -0.39 is 0 Å². The molecule has 2 aromatic rings. The first kappa shape index (κ1) is 16.0. The summed E-state index contributed by atoms with van der Waals surface area (Å²) in [7, 11) is 3.18. The Kier molecular flexibility index (Phi) is 5.55. The molecular weight excluding hydrogens is 300 g/mol. The summed E-state index contributed by atoms with van der Waals surface area (Å²) in [4.78, 5) is 17.0. The predicted molar refractivity (Wildman–Crippen MR) is 87.3 cm³/mol. The first-order valence-corrected chi connectivity index (χ1v) is 7.53. The molecule has 1 amide bonds. The summed E-state index contributed by atoms with van der Waals surface area (Å²) in [5.41, 5.74) is 0.812. The lowest BCUT2D eigenvalue weighted by Gasteiger charge is -2.07. The van der Waals surface area contributed by atoms with Crippen molar-refractivity contribution >= 4 is 23.3 Å². The standard InChI is InChI=1S/C16H18N2O3S/c1-11-17-9-14(22-11)10-18-16(19)7-5-12-4-6-13(20-2)8-15(12)21-3/h4-9H,10H2,1-3H3,(H,18,19). The van der Waals surface area contributed by atoms with Crippen LogP contribution in [0.1, 0.15) is 15.4 Å². The Morgan fingerprint density at radius 2 is 2.18 bits per heavy atom. The van der Waals surface area contributed by atoms with E-state index >= 15 is 0 Å². The van der Waals surface area contributed by atoms with Crippen LogP contribution in [0.2, 0.25) is 0 Å². The first-order chi connectivity index (χ1) is 10.6. The number of carbonyl (C=O) groups excluding carboxylic acids is 1. The maximum atomic E-state index is 11.8. The number of benzene rings is 1. The van der Waals surface area contributed by atoms with Gasteiger partial charge in [0.25, 0.3) is 0 Å². The lowest BCUT2D eigenvalue weighted by Crippen LogP contribution is -2.19. The van der Waals surface area contributed by atoms with E-state index in [1.165, 1.54) is 6.08 Å². The van der Waals surface area contributed by atoms with E-state index in [0.717, 1.165) is 15.4 Å². The second-order valence-corrected chi connectivity index (χ2v) is 5.82. The van der Waals surface area contributed by atoms with Gasteiger partial charge < -0.3 is 14.8 Å². The van der Waals surface area contributed by atoms with Crippen LogP contribution in [0.15, 0.2) is 30.5 Å². The third-order valence-corrected chi connectivity index (χ3v) is 3.87. The molecule has 0 spiro atoms. The molecule has 0 aliphatic heterocycles. The average molecular weight is 318 g/mol. The molecule has 116 valence electrons. The van der Waals surface area contributed by atoms with Crippen LogP contribution in [0.4, 0.5) is 0 Å². The van der Waals surface area contributed by atoms with Crippen LogP contribution in [0.3, 0.4) is 0 Å². The summed E-state index contributed by atoms with van der Waals surface area (Å²) in [5, 5.41) is 3.81. The van der Waals surface area contributed by atoms with Gasteiger partial charge in [-0.2, -0.15) is 0 Å². The molecule has 2 rings (SSSR count). The fourth-order valence-corrected chi connectivity index (χ4v) is 2.58. The van der Waals surface area contributed by atoms with Crippen molar-refractivity contribution in [2.75, 3.05) is 14.2 Å². The van der Waals surface area contributed by atoms with Gasteiger partial charge in [-0.3, -0.25) is 4.79 Å². The summed E-state index contributed by atoms with van der Waals surface area (Å²) < 4.78 is 10.4. The largest absolute Gasteiger partial charge is 0.497 e. The van der Waals surface area contributed by atoms with Crippen molar-refractivity contribution in [1.29, 1.82) is 0 Å². The summed E-state index contributed by atoms with van der Waals surface area (Å²) in [6.07, 6.45) is 4.97. The molecule has 1 heterocycles. The van der Waals surface area contributed by atoms with Crippen LogP contribution >= 0.6 is 11.3 Å². The second-order valence-electron chi connectivity index (χ2n) is 4.50. The highest BCUT2D eigenvalue weighted by Gasteiger charge is 2.04. The maximum absolute atomic E-state index is 11.8. The summed E-state index contributed by atoms with van der Waals surface area (Å²) in [5.74, 6) is 1.20.